The second kappa shape index (κ2) is 6.82. The fourth-order valence-electron chi connectivity index (χ4n) is 1.34. The normalized spacial score (nSPS) is 12.1. The van der Waals surface area contributed by atoms with Gasteiger partial charge in [-0.05, 0) is 6.07 Å². The van der Waals surface area contributed by atoms with Gasteiger partial charge < -0.3 is 19.9 Å². The lowest BCUT2D eigenvalue weighted by Crippen LogP contribution is -2.27. The maximum Gasteiger partial charge on any atom is 0.337 e. The smallest absolute Gasteiger partial charge is 0.337 e. The van der Waals surface area contributed by atoms with Gasteiger partial charge in [0.05, 0.1) is 30.2 Å². The highest BCUT2D eigenvalue weighted by Crippen LogP contribution is 2.13. The molecular formula is C11H16N2O4. The van der Waals surface area contributed by atoms with Crippen LogP contribution in [-0.2, 0) is 9.47 Å². The van der Waals surface area contributed by atoms with Crippen LogP contribution in [0.2, 0.25) is 0 Å². The minimum Gasteiger partial charge on any atom is -0.478 e. The average Bonchev–Trinajstić information content (AvgIpc) is 2.34. The SMILES string of the molecule is COCC(CNc1cnccc1C(=O)O)OC. The number of anilines is 1. The van der Waals surface area contributed by atoms with Crippen molar-refractivity contribution in [2.24, 2.45) is 0 Å². The molecule has 0 aliphatic heterocycles. The van der Waals surface area contributed by atoms with Gasteiger partial charge in [0.1, 0.15) is 0 Å². The van der Waals surface area contributed by atoms with E-state index in [2.05, 4.69) is 10.3 Å². The molecular weight excluding hydrogens is 224 g/mol. The van der Waals surface area contributed by atoms with E-state index in [4.69, 9.17) is 14.6 Å². The summed E-state index contributed by atoms with van der Waals surface area (Å²) in [6, 6.07) is 1.45. The first kappa shape index (κ1) is 13.4. The number of hydrogen-bond acceptors (Lipinski definition) is 5. The van der Waals surface area contributed by atoms with E-state index in [1.54, 1.807) is 14.2 Å². The topological polar surface area (TPSA) is 80.7 Å². The maximum absolute atomic E-state index is 10.9. The van der Waals surface area contributed by atoms with Gasteiger partial charge in [-0.2, -0.15) is 0 Å². The van der Waals surface area contributed by atoms with Crippen LogP contribution in [0.4, 0.5) is 5.69 Å². The number of aromatic carboxylic acids is 1. The highest BCUT2D eigenvalue weighted by Gasteiger charge is 2.11. The molecule has 2 N–H and O–H groups in total. The third-order valence-corrected chi connectivity index (χ3v) is 2.26. The largest absolute Gasteiger partial charge is 0.478 e. The van der Waals surface area contributed by atoms with Gasteiger partial charge in [-0.3, -0.25) is 4.98 Å². The molecule has 0 aliphatic rings. The third kappa shape index (κ3) is 4.01. The number of carboxylic acids is 1. The van der Waals surface area contributed by atoms with Gasteiger partial charge in [0.15, 0.2) is 0 Å². The minimum absolute atomic E-state index is 0.137. The Hall–Kier alpha value is -1.66. The first-order valence-corrected chi connectivity index (χ1v) is 5.12. The summed E-state index contributed by atoms with van der Waals surface area (Å²) in [5.41, 5.74) is 0.658. The predicted octanol–water partition coefficient (Wildman–Crippen LogP) is 0.853. The zero-order valence-corrected chi connectivity index (χ0v) is 9.84. The van der Waals surface area contributed by atoms with Crippen LogP contribution in [0, 0.1) is 0 Å². The van der Waals surface area contributed by atoms with Crippen LogP contribution in [0.25, 0.3) is 0 Å². The molecule has 6 nitrogen and oxygen atoms in total. The number of methoxy groups -OCH3 is 2. The van der Waals surface area contributed by atoms with E-state index in [0.29, 0.717) is 18.8 Å². The van der Waals surface area contributed by atoms with E-state index in [0.717, 1.165) is 0 Å². The Balaban J connectivity index is 2.65. The van der Waals surface area contributed by atoms with E-state index in [9.17, 15) is 4.79 Å². The monoisotopic (exact) mass is 240 g/mol. The van der Waals surface area contributed by atoms with Gasteiger partial charge in [0.2, 0.25) is 0 Å². The Morgan fingerprint density at radius 1 is 1.59 bits per heavy atom. The molecule has 17 heavy (non-hydrogen) atoms. The van der Waals surface area contributed by atoms with Gasteiger partial charge in [-0.25, -0.2) is 4.79 Å². The van der Waals surface area contributed by atoms with E-state index in [1.807, 2.05) is 0 Å². The maximum atomic E-state index is 10.9. The van der Waals surface area contributed by atoms with Crippen molar-refractivity contribution in [1.29, 1.82) is 0 Å². The minimum atomic E-state index is -0.990. The van der Waals surface area contributed by atoms with E-state index >= 15 is 0 Å². The lowest BCUT2D eigenvalue weighted by molar-refractivity contribution is 0.0365. The highest BCUT2D eigenvalue weighted by atomic mass is 16.5. The molecule has 0 fully saturated rings. The Bertz CT molecular complexity index is 370. The zero-order chi connectivity index (χ0) is 12.7. The summed E-state index contributed by atoms with van der Waals surface area (Å²) in [6.07, 6.45) is 2.78. The van der Waals surface area contributed by atoms with Crippen molar-refractivity contribution >= 4 is 11.7 Å². The van der Waals surface area contributed by atoms with Crippen molar-refractivity contribution in [1.82, 2.24) is 4.98 Å². The molecule has 0 saturated carbocycles. The summed E-state index contributed by atoms with van der Waals surface area (Å²) in [6.45, 7) is 0.891. The van der Waals surface area contributed by atoms with Crippen LogP contribution in [0.3, 0.4) is 0 Å². The molecule has 1 unspecified atom stereocenters. The molecule has 94 valence electrons. The van der Waals surface area contributed by atoms with E-state index in [1.165, 1.54) is 18.5 Å². The molecule has 1 aromatic rings. The second-order valence-corrected chi connectivity index (χ2v) is 3.42. The van der Waals surface area contributed by atoms with Crippen molar-refractivity contribution in [2.45, 2.75) is 6.10 Å². The summed E-state index contributed by atoms with van der Waals surface area (Å²) >= 11 is 0. The lowest BCUT2D eigenvalue weighted by atomic mass is 10.2. The highest BCUT2D eigenvalue weighted by molar-refractivity contribution is 5.93. The number of rotatable bonds is 7. The Morgan fingerprint density at radius 3 is 2.94 bits per heavy atom. The van der Waals surface area contributed by atoms with Crippen molar-refractivity contribution < 1.29 is 19.4 Å². The average molecular weight is 240 g/mol. The number of carbonyl (C=O) groups is 1. The van der Waals surface area contributed by atoms with Crippen molar-refractivity contribution in [3.8, 4) is 0 Å². The molecule has 6 heteroatoms. The quantitative estimate of drug-likeness (QED) is 0.735. The number of nitrogens with one attached hydrogen (secondary N) is 1. The van der Waals surface area contributed by atoms with Crippen LogP contribution in [0.15, 0.2) is 18.5 Å². The predicted molar refractivity (Wildman–Crippen MR) is 62.4 cm³/mol. The first-order chi connectivity index (χ1) is 8.19. The summed E-state index contributed by atoms with van der Waals surface area (Å²) in [5.74, 6) is -0.990. The number of ether oxygens (including phenoxy) is 2. The van der Waals surface area contributed by atoms with Crippen molar-refractivity contribution in [2.75, 3.05) is 32.7 Å². The number of carboxylic acid groups (broad SMARTS) is 1. The molecule has 1 heterocycles. The van der Waals surface area contributed by atoms with Gasteiger partial charge in [0.25, 0.3) is 0 Å². The fraction of sp³-hybridized carbons (Fsp3) is 0.455. The molecule has 0 aliphatic carbocycles. The van der Waals surface area contributed by atoms with Crippen LogP contribution < -0.4 is 5.32 Å². The van der Waals surface area contributed by atoms with Gasteiger partial charge in [-0.15, -0.1) is 0 Å². The first-order valence-electron chi connectivity index (χ1n) is 5.12. The molecule has 1 rings (SSSR count). The molecule has 1 aromatic heterocycles. The van der Waals surface area contributed by atoms with Gasteiger partial charge in [-0.1, -0.05) is 0 Å². The second-order valence-electron chi connectivity index (χ2n) is 3.42. The molecule has 0 amide bonds. The molecule has 0 aromatic carbocycles. The van der Waals surface area contributed by atoms with Crippen LogP contribution in [0.5, 0.6) is 0 Å². The van der Waals surface area contributed by atoms with E-state index in [-0.39, 0.29) is 11.7 Å². The number of nitrogens with zero attached hydrogens (tertiary/aromatic N) is 1. The summed E-state index contributed by atoms with van der Waals surface area (Å²) in [4.78, 5) is 14.8. The Kier molecular flexibility index (Phi) is 5.38. The van der Waals surface area contributed by atoms with Gasteiger partial charge >= 0.3 is 5.97 Å². The van der Waals surface area contributed by atoms with Crippen molar-refractivity contribution in [3.05, 3.63) is 24.0 Å². The molecule has 0 saturated heterocycles. The lowest BCUT2D eigenvalue weighted by Gasteiger charge is -2.16. The zero-order valence-electron chi connectivity index (χ0n) is 9.84. The number of hydrogen-bond donors (Lipinski definition) is 2. The van der Waals surface area contributed by atoms with Crippen LogP contribution >= 0.6 is 0 Å². The summed E-state index contributed by atoms with van der Waals surface area (Å²) < 4.78 is 10.1. The molecule has 0 bridgehead atoms. The fourth-order valence-corrected chi connectivity index (χ4v) is 1.34. The molecule has 0 radical (unpaired) electrons. The Morgan fingerprint density at radius 2 is 2.35 bits per heavy atom. The van der Waals surface area contributed by atoms with Crippen LogP contribution in [-0.4, -0.2) is 49.5 Å². The van der Waals surface area contributed by atoms with Gasteiger partial charge in [0, 0.05) is 27.0 Å². The summed E-state index contributed by atoms with van der Waals surface area (Å²) in [5, 5.41) is 11.9. The number of pyridine rings is 1. The standard InChI is InChI=1S/C11H16N2O4/c1-16-7-8(17-2)5-13-10-6-12-4-3-9(10)11(14)15/h3-4,6,8,13H,5,7H2,1-2H3,(H,14,15). The Labute approximate surface area is 99.6 Å². The van der Waals surface area contributed by atoms with Crippen LogP contribution in [0.1, 0.15) is 10.4 Å². The molecule has 0 spiro atoms. The summed E-state index contributed by atoms with van der Waals surface area (Å²) in [7, 11) is 3.16. The van der Waals surface area contributed by atoms with E-state index < -0.39 is 5.97 Å². The third-order valence-electron chi connectivity index (χ3n) is 2.26. The number of aromatic nitrogens is 1. The molecule has 1 atom stereocenters. The van der Waals surface area contributed by atoms with Crippen molar-refractivity contribution in [3.63, 3.8) is 0 Å².